The van der Waals surface area contributed by atoms with Crippen LogP contribution in [-0.4, -0.2) is 177 Å². The van der Waals surface area contributed by atoms with Gasteiger partial charge in [0.05, 0.1) is 18.3 Å². The van der Waals surface area contributed by atoms with Crippen molar-refractivity contribution < 1.29 is 120 Å². The topological polar surface area (TPSA) is 456 Å². The van der Waals surface area contributed by atoms with Gasteiger partial charge in [0.2, 0.25) is 11.8 Å². The van der Waals surface area contributed by atoms with Crippen LogP contribution >= 0.6 is 0 Å². The summed E-state index contributed by atoms with van der Waals surface area (Å²) in [6.07, 6.45) is 32.8. The maximum absolute atomic E-state index is 13.4. The van der Waals surface area contributed by atoms with Crippen LogP contribution in [0.2, 0.25) is 0 Å². The van der Waals surface area contributed by atoms with Gasteiger partial charge in [-0.05, 0) is 205 Å². The highest BCUT2D eigenvalue weighted by atomic mass is 16.7. The van der Waals surface area contributed by atoms with Gasteiger partial charge in [-0.2, -0.15) is 0 Å². The molecule has 31 nitrogen and oxygen atoms in total. The maximum atomic E-state index is 13.4. The molecule has 4 aromatic carbocycles. The predicted octanol–water partition coefficient (Wildman–Crippen LogP) is 22.8. The summed E-state index contributed by atoms with van der Waals surface area (Å²) in [5.41, 5.74) is 10.9. The van der Waals surface area contributed by atoms with Crippen molar-refractivity contribution in [3.8, 4) is 22.3 Å². The standard InChI is InChI=1S/C57H86N2O11.C39H66N2O10.C21H24N2O4/c1-8-9-10-11-12-13-14-15-16-17-18-19-21-29-43(61)39-41(53(65)69-56(2,3)4)35-38-51(62)58-50(54(66)70-57(5,6)7)37-36-42(60)28-22-20-23-34-49(52(63)64)59-55(67)68-40-48-46-32-26-24-30-44(46)45-31-25-27-33-47(45)48;1-8-9-10-11-12-13-14-15-16-17-18-19-20-21-30(42)28-29(36(47)49-38(2,3)4)22-24-32(43)40-31(37(48)50-39(5,6)7)23-27-35(46)51-41-33(44)25-26-34(41)45;22-12-6-5-11-19(20(24)25)23-21(26)27-13-18-16-9-3-1-7-14(16)15-8-2-4-10-17(15)18/h24-27,30-33,41,48-50H,8-23,28-29,34-40H2,1-7H3,(H,58,62)(H,59,67)(H,63,64);29,31H,8-28H2,1-7H3,(H,40,43);1-4,7-10,18-19H,5-6,11-13,22H2,(H,23,26)(H,24,25)/t41-,49+,50+;29-,31+;19-/m110/s1. The number of benzene rings is 4. The lowest BCUT2D eigenvalue weighted by molar-refractivity contribution is -0.197. The number of nitrogens with two attached hydrogens (primary N) is 1. The van der Waals surface area contributed by atoms with Crippen LogP contribution in [0.4, 0.5) is 9.59 Å². The van der Waals surface area contributed by atoms with Crippen LogP contribution < -0.4 is 27.0 Å². The van der Waals surface area contributed by atoms with Crippen LogP contribution in [0.15, 0.2) is 97.1 Å². The molecule has 6 amide bonds. The first-order valence-electron chi connectivity index (χ1n) is 54.8. The number of carboxylic acids is 2. The Morgan fingerprint density at radius 3 is 0.926 bits per heavy atom. The van der Waals surface area contributed by atoms with Gasteiger partial charge in [-0.25, -0.2) is 33.6 Å². The number of ether oxygens (including phenoxy) is 6. The molecular formula is C117H176N6O25. The Balaban J connectivity index is 0.000000428. The van der Waals surface area contributed by atoms with Gasteiger partial charge in [0.25, 0.3) is 11.8 Å². The summed E-state index contributed by atoms with van der Waals surface area (Å²) in [7, 11) is 0. The molecule has 1 aliphatic heterocycles. The quantitative estimate of drug-likeness (QED) is 0.00934. The minimum absolute atomic E-state index is 0.00224. The average Bonchev–Trinajstić information content (AvgIpc) is 1.62. The second-order valence-electron chi connectivity index (χ2n) is 43.6. The number of carbonyl (C=O) groups is 16. The zero-order valence-corrected chi connectivity index (χ0v) is 91.2. The highest BCUT2D eigenvalue weighted by Crippen LogP contribution is 2.46. The molecule has 1 heterocycles. The van der Waals surface area contributed by atoms with E-state index >= 15 is 0 Å². The number of esters is 4. The SMILES string of the molecule is CCCCCCCCCCCCCCCC(=O)C[C@@H](CCC(=O)N[C@@H](CCC(=O)CCCCC[C@H](NC(=O)OCC1c2ccccc2-c2ccccc21)C(=O)O)C(=O)OC(C)(C)C)C(=O)OC(C)(C)C.CCCCCCCCCCCCCCCC(=O)C[C@@H](CCC(=O)N[C@@H](CCC(=O)ON1C(=O)CCC1=O)C(=O)OC(C)(C)C)C(=O)OC(C)(C)C.NCCCC[C@H](NC(=O)OCC1c2ccccc2-c2ccccc21)C(=O)O. The Morgan fingerprint density at radius 2 is 0.615 bits per heavy atom. The number of hydrogen-bond donors (Lipinski definition) is 7. The first kappa shape index (κ1) is 127. The summed E-state index contributed by atoms with van der Waals surface area (Å²) >= 11 is 0. The molecule has 7 rings (SSSR count). The molecule has 8 N–H and O–H groups in total. The number of nitrogens with zero attached hydrogens (tertiary/aromatic N) is 1. The van der Waals surface area contributed by atoms with Crippen molar-refractivity contribution in [2.45, 2.75) is 464 Å². The summed E-state index contributed by atoms with van der Waals surface area (Å²) < 4.78 is 33.1. The lowest BCUT2D eigenvalue weighted by Crippen LogP contribution is -2.45. The first-order valence-corrected chi connectivity index (χ1v) is 54.8. The third-order valence-corrected chi connectivity index (χ3v) is 25.9. The normalized spacial score (nSPS) is 13.9. The van der Waals surface area contributed by atoms with Crippen molar-refractivity contribution in [3.63, 3.8) is 0 Å². The molecule has 6 atom stereocenters. The number of hydroxylamine groups is 2. The number of aliphatic carboxylic acids is 2. The molecule has 0 unspecified atom stereocenters. The van der Waals surface area contributed by atoms with Crippen molar-refractivity contribution in [1.82, 2.24) is 26.3 Å². The Hall–Kier alpha value is -11.2. The van der Waals surface area contributed by atoms with Gasteiger partial charge in [-0.15, -0.1) is 5.06 Å². The van der Waals surface area contributed by atoms with Crippen LogP contribution in [0.5, 0.6) is 0 Å². The summed E-state index contributed by atoms with van der Waals surface area (Å²) in [5.74, 6) is -10.2. The molecule has 0 bridgehead atoms. The molecule has 4 aromatic rings. The summed E-state index contributed by atoms with van der Waals surface area (Å²) in [4.78, 5) is 207. The third-order valence-electron chi connectivity index (χ3n) is 25.9. The molecule has 2 aliphatic carbocycles. The number of carbonyl (C=O) groups excluding carboxylic acids is 14. The van der Waals surface area contributed by atoms with Gasteiger partial charge >= 0.3 is 54.0 Å². The fourth-order valence-electron chi connectivity index (χ4n) is 18.1. The molecule has 0 saturated carbocycles. The lowest BCUT2D eigenvalue weighted by Gasteiger charge is -2.25. The van der Waals surface area contributed by atoms with Gasteiger partial charge in [-0.1, -0.05) is 278 Å². The number of Topliss-reactive ketones (excluding diaryl/α,β-unsaturated/α-hetero) is 3. The van der Waals surface area contributed by atoms with Gasteiger partial charge < -0.3 is 70.5 Å². The van der Waals surface area contributed by atoms with Gasteiger partial charge in [0.15, 0.2) is 0 Å². The summed E-state index contributed by atoms with van der Waals surface area (Å²) in [5, 5.41) is 29.7. The number of fused-ring (bicyclic) bond motifs is 6. The lowest BCUT2D eigenvalue weighted by atomic mass is 9.94. The molecule has 3 aliphatic rings. The van der Waals surface area contributed by atoms with Gasteiger partial charge in [0.1, 0.15) is 77.1 Å². The minimum Gasteiger partial charge on any atom is -0.480 e. The monoisotopic (exact) mass is 2070 g/mol. The Labute approximate surface area is 879 Å². The largest absolute Gasteiger partial charge is 0.480 e. The minimum atomic E-state index is -1.24. The molecule has 0 spiro atoms. The zero-order valence-electron chi connectivity index (χ0n) is 91.2. The Bertz CT molecular complexity index is 4720. The molecule has 1 fully saturated rings. The van der Waals surface area contributed by atoms with E-state index in [9.17, 15) is 86.9 Å². The fourth-order valence-corrected chi connectivity index (χ4v) is 18.1. The van der Waals surface area contributed by atoms with Crippen LogP contribution in [0.25, 0.3) is 22.3 Å². The summed E-state index contributed by atoms with van der Waals surface area (Å²) in [6.45, 7) is 25.7. The van der Waals surface area contributed by atoms with Crippen LogP contribution in [0.3, 0.4) is 0 Å². The number of hydrogen-bond acceptors (Lipinski definition) is 24. The third kappa shape index (κ3) is 52.3. The number of carboxylic acid groups (broad SMARTS) is 2. The average molecular weight is 2070 g/mol. The number of unbranched alkanes of at least 4 members (excludes halogenated alkanes) is 27. The number of rotatable bonds is 69. The van der Waals surface area contributed by atoms with Crippen LogP contribution in [0.1, 0.15) is 439 Å². The number of ketones is 3. The molecule has 1 saturated heterocycles. The Morgan fingerprint density at radius 1 is 0.331 bits per heavy atom. The van der Waals surface area contributed by atoms with E-state index < -0.39 is 142 Å². The highest BCUT2D eigenvalue weighted by molar-refractivity contribution is 6.02. The zero-order chi connectivity index (χ0) is 109. The van der Waals surface area contributed by atoms with Crippen molar-refractivity contribution in [2.24, 2.45) is 17.6 Å². The molecule has 31 heteroatoms. The second kappa shape index (κ2) is 68.5. The van der Waals surface area contributed by atoms with Crippen molar-refractivity contribution >= 4 is 95.0 Å². The number of alkyl carbamates (subject to hydrolysis) is 2. The van der Waals surface area contributed by atoms with E-state index in [4.69, 9.17) is 39.0 Å². The Kier molecular flexibility index (Phi) is 58.9. The number of imide groups is 1. The molecule has 0 aromatic heterocycles. The van der Waals surface area contributed by atoms with E-state index in [1.807, 2.05) is 84.9 Å². The van der Waals surface area contributed by atoms with E-state index in [1.54, 1.807) is 83.1 Å². The van der Waals surface area contributed by atoms with E-state index in [-0.39, 0.29) is 126 Å². The second-order valence-corrected chi connectivity index (χ2v) is 43.6. The van der Waals surface area contributed by atoms with E-state index in [0.29, 0.717) is 56.6 Å². The van der Waals surface area contributed by atoms with Crippen LogP contribution in [0, 0.1) is 11.8 Å². The van der Waals surface area contributed by atoms with Gasteiger partial charge in [0, 0.05) is 76.0 Å². The molecule has 0 radical (unpaired) electrons. The molecular weight excluding hydrogens is 1890 g/mol. The van der Waals surface area contributed by atoms with Gasteiger partial charge in [-0.3, -0.25) is 43.2 Å². The maximum Gasteiger partial charge on any atom is 0.407 e. The molecule has 148 heavy (non-hydrogen) atoms. The van der Waals surface area contributed by atoms with Crippen molar-refractivity contribution in [3.05, 3.63) is 119 Å². The molecule has 824 valence electrons. The van der Waals surface area contributed by atoms with E-state index in [2.05, 4.69) is 47.2 Å². The predicted molar refractivity (Wildman–Crippen MR) is 568 cm³/mol. The van der Waals surface area contributed by atoms with Crippen molar-refractivity contribution in [1.29, 1.82) is 0 Å². The first-order chi connectivity index (χ1) is 70.3. The number of nitrogens with one attached hydrogen (secondary N) is 4. The van der Waals surface area contributed by atoms with Crippen molar-refractivity contribution in [2.75, 3.05) is 19.8 Å². The fraction of sp³-hybridized carbons (Fsp3) is 0.658. The smallest absolute Gasteiger partial charge is 0.407 e. The van der Waals surface area contributed by atoms with E-state index in [0.717, 1.165) is 102 Å². The number of amides is 6. The van der Waals surface area contributed by atoms with Crippen LogP contribution in [-0.2, 0) is 100 Å². The highest BCUT2D eigenvalue weighted by Gasteiger charge is 2.39. The van der Waals surface area contributed by atoms with E-state index in [1.165, 1.54) is 116 Å². The summed E-state index contributed by atoms with van der Waals surface area (Å²) in [6, 6.07) is 27.5.